The minimum absolute atomic E-state index is 0.139. The quantitative estimate of drug-likeness (QED) is 0.342. The number of carbonyl (C=O) groups excluding carboxylic acids is 1. The second kappa shape index (κ2) is 9.33. The summed E-state index contributed by atoms with van der Waals surface area (Å²) in [4.78, 5) is 23.2. The first-order valence-corrected chi connectivity index (χ1v) is 10.0. The number of thioether (sulfide) groups is 1. The summed E-state index contributed by atoms with van der Waals surface area (Å²) in [6.45, 7) is 4.41. The Bertz CT molecular complexity index is 1010. The lowest BCUT2D eigenvalue weighted by Gasteiger charge is -2.13. The van der Waals surface area contributed by atoms with Gasteiger partial charge in [-0.2, -0.15) is 0 Å². The number of anilines is 1. The summed E-state index contributed by atoms with van der Waals surface area (Å²) in [7, 11) is 0. The topological polar surface area (TPSA) is 103 Å². The molecule has 1 atom stereocenters. The third-order valence-electron chi connectivity index (χ3n) is 4.32. The first-order chi connectivity index (χ1) is 14.0. The Kier molecular flexibility index (Phi) is 6.61. The molecule has 9 heteroatoms. The van der Waals surface area contributed by atoms with E-state index in [0.29, 0.717) is 18.1 Å². The van der Waals surface area contributed by atoms with E-state index in [1.165, 1.54) is 23.9 Å². The van der Waals surface area contributed by atoms with Gasteiger partial charge in [0.05, 0.1) is 10.2 Å². The van der Waals surface area contributed by atoms with Crippen LogP contribution >= 0.6 is 11.8 Å². The zero-order valence-electron chi connectivity index (χ0n) is 16.1. The molecule has 0 bridgehead atoms. The van der Waals surface area contributed by atoms with Gasteiger partial charge < -0.3 is 9.88 Å². The van der Waals surface area contributed by atoms with E-state index in [4.69, 9.17) is 0 Å². The maximum Gasteiger partial charge on any atom is 0.292 e. The van der Waals surface area contributed by atoms with Gasteiger partial charge in [-0.05, 0) is 25.5 Å². The van der Waals surface area contributed by atoms with Gasteiger partial charge in [0.15, 0.2) is 5.16 Å². The van der Waals surface area contributed by atoms with E-state index in [-0.39, 0.29) is 17.3 Å². The largest absolute Gasteiger partial charge is 0.319 e. The molecule has 3 rings (SSSR count). The molecule has 0 fully saturated rings. The van der Waals surface area contributed by atoms with Crippen molar-refractivity contribution in [2.75, 3.05) is 5.32 Å². The van der Waals surface area contributed by atoms with Crippen LogP contribution in [0.4, 0.5) is 11.4 Å². The highest BCUT2D eigenvalue weighted by Crippen LogP contribution is 2.27. The standard InChI is InChI=1S/C20H21N5O3S/c1-3-24-18(13-15-9-5-4-6-10-15)22-23-20(24)29-14(2)19(26)21-16-11-7-8-12-17(16)25(27)28/h4-12,14H,3,13H2,1-2H3,(H,21,26)/t14-/m1/s1. The Hall–Kier alpha value is -3.20. The predicted octanol–water partition coefficient (Wildman–Crippen LogP) is 3.92. The third kappa shape index (κ3) is 5.00. The maximum absolute atomic E-state index is 12.6. The summed E-state index contributed by atoms with van der Waals surface area (Å²) in [6.07, 6.45) is 0.652. The van der Waals surface area contributed by atoms with Crippen molar-refractivity contribution in [3.05, 3.63) is 76.1 Å². The molecule has 2 aromatic carbocycles. The molecule has 1 aromatic heterocycles. The van der Waals surface area contributed by atoms with E-state index < -0.39 is 10.2 Å². The number of carbonyl (C=O) groups is 1. The molecule has 0 aliphatic heterocycles. The van der Waals surface area contributed by atoms with E-state index in [2.05, 4.69) is 15.5 Å². The summed E-state index contributed by atoms with van der Waals surface area (Å²) < 4.78 is 1.98. The smallest absolute Gasteiger partial charge is 0.292 e. The van der Waals surface area contributed by atoms with Crippen molar-refractivity contribution in [1.82, 2.24) is 14.8 Å². The Morgan fingerprint density at radius 3 is 2.55 bits per heavy atom. The van der Waals surface area contributed by atoms with Crippen LogP contribution in [0, 0.1) is 10.1 Å². The number of amides is 1. The third-order valence-corrected chi connectivity index (χ3v) is 5.41. The summed E-state index contributed by atoms with van der Waals surface area (Å²) in [5, 5.41) is 22.4. The lowest BCUT2D eigenvalue weighted by Crippen LogP contribution is -2.23. The van der Waals surface area contributed by atoms with E-state index in [0.717, 1.165) is 11.4 Å². The number of hydrogen-bond acceptors (Lipinski definition) is 6. The molecule has 8 nitrogen and oxygen atoms in total. The zero-order valence-corrected chi connectivity index (χ0v) is 16.9. The van der Waals surface area contributed by atoms with Crippen molar-refractivity contribution in [2.24, 2.45) is 0 Å². The molecule has 0 spiro atoms. The maximum atomic E-state index is 12.6. The molecule has 0 saturated heterocycles. The SMILES string of the molecule is CCn1c(Cc2ccccc2)nnc1S[C@H](C)C(=O)Nc1ccccc1[N+](=O)[O-]. The molecular weight excluding hydrogens is 390 g/mol. The Morgan fingerprint density at radius 2 is 1.86 bits per heavy atom. The highest BCUT2D eigenvalue weighted by molar-refractivity contribution is 8.00. The van der Waals surface area contributed by atoms with Gasteiger partial charge in [0.25, 0.3) is 5.69 Å². The number of nitrogens with one attached hydrogen (secondary N) is 1. The molecule has 1 N–H and O–H groups in total. The van der Waals surface area contributed by atoms with E-state index in [9.17, 15) is 14.9 Å². The molecule has 0 radical (unpaired) electrons. The average Bonchev–Trinajstić information content (AvgIpc) is 3.09. The Labute approximate surface area is 172 Å². The molecule has 1 heterocycles. The van der Waals surface area contributed by atoms with Crippen molar-refractivity contribution in [1.29, 1.82) is 0 Å². The first-order valence-electron chi connectivity index (χ1n) is 9.16. The normalized spacial score (nSPS) is 11.8. The van der Waals surface area contributed by atoms with Crippen molar-refractivity contribution < 1.29 is 9.72 Å². The minimum Gasteiger partial charge on any atom is -0.319 e. The van der Waals surface area contributed by atoms with Gasteiger partial charge in [-0.1, -0.05) is 54.2 Å². The number of benzene rings is 2. The molecule has 0 aliphatic rings. The van der Waals surface area contributed by atoms with Crippen LogP contribution in [0.3, 0.4) is 0 Å². The van der Waals surface area contributed by atoms with Gasteiger partial charge in [0, 0.05) is 19.0 Å². The second-order valence-corrected chi connectivity index (χ2v) is 7.64. The van der Waals surface area contributed by atoms with Crippen LogP contribution in [0.25, 0.3) is 0 Å². The van der Waals surface area contributed by atoms with Gasteiger partial charge in [-0.25, -0.2) is 0 Å². The monoisotopic (exact) mass is 411 g/mol. The molecular formula is C20H21N5O3S. The number of hydrogen-bond donors (Lipinski definition) is 1. The van der Waals surface area contributed by atoms with Crippen molar-refractivity contribution in [2.45, 2.75) is 37.2 Å². The fraction of sp³-hybridized carbons (Fsp3) is 0.250. The van der Waals surface area contributed by atoms with Crippen LogP contribution in [0.2, 0.25) is 0 Å². The van der Waals surface area contributed by atoms with Crippen LogP contribution in [0.5, 0.6) is 0 Å². The highest BCUT2D eigenvalue weighted by atomic mass is 32.2. The predicted molar refractivity (Wildman–Crippen MR) is 112 cm³/mol. The zero-order chi connectivity index (χ0) is 20.8. The number of nitro groups is 1. The fourth-order valence-electron chi connectivity index (χ4n) is 2.82. The summed E-state index contributed by atoms with van der Waals surface area (Å²) in [5.41, 5.74) is 1.17. The summed E-state index contributed by atoms with van der Waals surface area (Å²) in [6, 6.07) is 16.1. The van der Waals surface area contributed by atoms with Gasteiger partial charge in [0.2, 0.25) is 5.91 Å². The number of para-hydroxylation sites is 2. The lowest BCUT2D eigenvalue weighted by atomic mass is 10.1. The van der Waals surface area contributed by atoms with Gasteiger partial charge in [0.1, 0.15) is 11.5 Å². The average molecular weight is 411 g/mol. The van der Waals surface area contributed by atoms with Gasteiger partial charge in [-0.15, -0.1) is 10.2 Å². The highest BCUT2D eigenvalue weighted by Gasteiger charge is 2.22. The van der Waals surface area contributed by atoms with E-state index in [1.54, 1.807) is 19.1 Å². The second-order valence-electron chi connectivity index (χ2n) is 6.33. The Balaban J connectivity index is 1.71. The number of rotatable bonds is 8. The number of nitrogens with zero attached hydrogens (tertiary/aromatic N) is 4. The number of nitro benzene ring substituents is 1. The molecule has 0 saturated carbocycles. The lowest BCUT2D eigenvalue weighted by molar-refractivity contribution is -0.383. The van der Waals surface area contributed by atoms with Crippen molar-refractivity contribution in [3.8, 4) is 0 Å². The summed E-state index contributed by atoms with van der Waals surface area (Å²) in [5.74, 6) is 0.493. The van der Waals surface area contributed by atoms with E-state index >= 15 is 0 Å². The molecule has 0 unspecified atom stereocenters. The van der Waals surface area contributed by atoms with Crippen LogP contribution < -0.4 is 5.32 Å². The molecule has 0 aliphatic carbocycles. The molecule has 1 amide bonds. The fourth-order valence-corrected chi connectivity index (χ4v) is 3.75. The minimum atomic E-state index is -0.517. The first kappa shape index (κ1) is 20.5. The summed E-state index contributed by atoms with van der Waals surface area (Å²) >= 11 is 1.28. The molecule has 29 heavy (non-hydrogen) atoms. The molecule has 150 valence electrons. The Morgan fingerprint density at radius 1 is 1.17 bits per heavy atom. The van der Waals surface area contributed by atoms with Crippen LogP contribution in [-0.4, -0.2) is 30.8 Å². The van der Waals surface area contributed by atoms with Crippen molar-refractivity contribution >= 4 is 29.0 Å². The van der Waals surface area contributed by atoms with Gasteiger partial charge >= 0.3 is 0 Å². The van der Waals surface area contributed by atoms with Crippen LogP contribution in [-0.2, 0) is 17.8 Å². The van der Waals surface area contributed by atoms with E-state index in [1.807, 2.05) is 41.8 Å². The van der Waals surface area contributed by atoms with Gasteiger partial charge in [-0.3, -0.25) is 14.9 Å². The number of aromatic nitrogens is 3. The van der Waals surface area contributed by atoms with Crippen LogP contribution in [0.15, 0.2) is 59.8 Å². The molecule has 3 aromatic rings. The van der Waals surface area contributed by atoms with Crippen molar-refractivity contribution in [3.63, 3.8) is 0 Å². The van der Waals surface area contributed by atoms with Crippen LogP contribution in [0.1, 0.15) is 25.2 Å².